The van der Waals surface area contributed by atoms with Gasteiger partial charge in [0, 0.05) is 15.6 Å². The number of carboxylic acids is 1. The highest BCUT2D eigenvalue weighted by molar-refractivity contribution is 9.10. The summed E-state index contributed by atoms with van der Waals surface area (Å²) in [6, 6.07) is 15.0. The Bertz CT molecular complexity index is 986. The Balaban J connectivity index is 1.65. The summed E-state index contributed by atoms with van der Waals surface area (Å²) in [5.41, 5.74) is 3.78. The first-order valence-corrected chi connectivity index (χ1v) is 9.52. The van der Waals surface area contributed by atoms with E-state index in [-0.39, 0.29) is 6.42 Å². The van der Waals surface area contributed by atoms with Crippen LogP contribution in [0.4, 0.5) is 0 Å². The molecule has 0 unspecified atom stereocenters. The predicted molar refractivity (Wildman–Crippen MR) is 105 cm³/mol. The van der Waals surface area contributed by atoms with Crippen LogP contribution in [0.2, 0.25) is 0 Å². The van der Waals surface area contributed by atoms with Gasteiger partial charge in [-0.15, -0.1) is 0 Å². The average molecular weight is 425 g/mol. The Morgan fingerprint density at radius 3 is 2.48 bits per heavy atom. The highest BCUT2D eigenvalue weighted by atomic mass is 79.9. The van der Waals surface area contributed by atoms with Crippen LogP contribution in [0.15, 0.2) is 53.0 Å². The fourth-order valence-corrected chi connectivity index (χ4v) is 3.44. The van der Waals surface area contributed by atoms with Crippen molar-refractivity contribution in [2.45, 2.75) is 25.7 Å². The summed E-state index contributed by atoms with van der Waals surface area (Å²) in [4.78, 5) is 20.2. The third-order valence-corrected chi connectivity index (χ3v) is 5.02. The molecule has 6 heteroatoms. The second-order valence-electron chi connectivity index (χ2n) is 6.45. The lowest BCUT2D eigenvalue weighted by Crippen LogP contribution is -2.02. The van der Waals surface area contributed by atoms with Gasteiger partial charge in [0.05, 0.1) is 12.1 Å². The normalized spacial score (nSPS) is 12.6. The van der Waals surface area contributed by atoms with Crippen LogP contribution in [0, 0.1) is 0 Å². The van der Waals surface area contributed by atoms with Gasteiger partial charge in [-0.3, -0.25) is 4.79 Å². The Morgan fingerprint density at radius 1 is 1.04 bits per heavy atom. The van der Waals surface area contributed by atoms with E-state index in [1.54, 1.807) is 24.3 Å². The first kappa shape index (κ1) is 17.7. The topological polar surface area (TPSA) is 72.3 Å². The predicted octanol–water partition coefficient (Wildman–Crippen LogP) is 4.81. The molecule has 3 aromatic rings. The molecular weight excluding hydrogens is 408 g/mol. The highest BCUT2D eigenvalue weighted by Gasteiger charge is 2.21. The quantitative estimate of drug-likeness (QED) is 0.635. The summed E-state index contributed by atoms with van der Waals surface area (Å²) in [5, 5.41) is 8.88. The Morgan fingerprint density at radius 2 is 1.78 bits per heavy atom. The lowest BCUT2D eigenvalue weighted by molar-refractivity contribution is -0.136. The van der Waals surface area contributed by atoms with Crippen LogP contribution in [-0.2, 0) is 24.1 Å². The molecule has 0 amide bonds. The molecule has 136 valence electrons. The summed E-state index contributed by atoms with van der Waals surface area (Å²) in [5.74, 6) is 1.03. The standard InChI is InChI=1S/C21H17BrN2O3/c22-15-8-6-14(7-9-15)20-23-18-3-1-2-17(18)21(24-20)27-16-10-4-13(5-11-16)12-19(25)26/h4-11H,1-3,12H2,(H,25,26). The van der Waals surface area contributed by atoms with Crippen LogP contribution in [0.3, 0.4) is 0 Å². The van der Waals surface area contributed by atoms with Crippen molar-refractivity contribution in [1.29, 1.82) is 0 Å². The van der Waals surface area contributed by atoms with Gasteiger partial charge in [-0.1, -0.05) is 40.2 Å². The van der Waals surface area contributed by atoms with Crippen molar-refractivity contribution in [3.63, 3.8) is 0 Å². The molecule has 1 heterocycles. The van der Waals surface area contributed by atoms with Crippen LogP contribution in [0.1, 0.15) is 23.2 Å². The van der Waals surface area contributed by atoms with Crippen LogP contribution >= 0.6 is 15.9 Å². The van der Waals surface area contributed by atoms with E-state index in [2.05, 4.69) is 20.9 Å². The molecule has 1 aromatic heterocycles. The minimum Gasteiger partial charge on any atom is -0.481 e. The number of carboxylic acid groups (broad SMARTS) is 1. The molecule has 0 bridgehead atoms. The summed E-state index contributed by atoms with van der Waals surface area (Å²) in [6.07, 6.45) is 2.87. The maximum atomic E-state index is 10.8. The third-order valence-electron chi connectivity index (χ3n) is 4.49. The molecule has 2 aromatic carbocycles. The van der Waals surface area contributed by atoms with E-state index < -0.39 is 5.97 Å². The number of nitrogens with zero attached hydrogens (tertiary/aromatic N) is 2. The Labute approximate surface area is 165 Å². The zero-order valence-electron chi connectivity index (χ0n) is 14.5. The van der Waals surface area contributed by atoms with E-state index in [1.165, 1.54) is 0 Å². The number of fused-ring (bicyclic) bond motifs is 1. The van der Waals surface area contributed by atoms with Gasteiger partial charge >= 0.3 is 5.97 Å². The summed E-state index contributed by atoms with van der Waals surface area (Å²) in [6.45, 7) is 0. The summed E-state index contributed by atoms with van der Waals surface area (Å²) < 4.78 is 7.06. The molecular formula is C21H17BrN2O3. The second-order valence-corrected chi connectivity index (χ2v) is 7.37. The average Bonchev–Trinajstić information content (AvgIpc) is 3.12. The smallest absolute Gasteiger partial charge is 0.307 e. The number of aryl methyl sites for hydroxylation is 1. The van der Waals surface area contributed by atoms with Gasteiger partial charge in [-0.2, -0.15) is 4.98 Å². The van der Waals surface area contributed by atoms with E-state index in [0.29, 0.717) is 17.5 Å². The van der Waals surface area contributed by atoms with Crippen molar-refractivity contribution < 1.29 is 14.6 Å². The van der Waals surface area contributed by atoms with E-state index >= 15 is 0 Å². The zero-order valence-corrected chi connectivity index (χ0v) is 16.1. The van der Waals surface area contributed by atoms with Gasteiger partial charge in [0.1, 0.15) is 5.75 Å². The van der Waals surface area contributed by atoms with Crippen LogP contribution in [-0.4, -0.2) is 21.0 Å². The largest absolute Gasteiger partial charge is 0.481 e. The number of rotatable bonds is 5. The van der Waals surface area contributed by atoms with E-state index in [0.717, 1.165) is 46.1 Å². The van der Waals surface area contributed by atoms with Crippen LogP contribution in [0.25, 0.3) is 11.4 Å². The van der Waals surface area contributed by atoms with Crippen molar-refractivity contribution in [2.75, 3.05) is 0 Å². The molecule has 0 fully saturated rings. The second kappa shape index (κ2) is 7.48. The molecule has 1 aliphatic carbocycles. The monoisotopic (exact) mass is 424 g/mol. The molecule has 0 atom stereocenters. The molecule has 0 saturated carbocycles. The lowest BCUT2D eigenvalue weighted by atomic mass is 10.1. The first-order chi connectivity index (χ1) is 13.1. The van der Waals surface area contributed by atoms with Gasteiger partial charge < -0.3 is 9.84 Å². The minimum absolute atomic E-state index is 0.00308. The van der Waals surface area contributed by atoms with Crippen molar-refractivity contribution in [1.82, 2.24) is 9.97 Å². The number of halogens is 1. The van der Waals surface area contributed by atoms with Crippen molar-refractivity contribution in [3.8, 4) is 23.0 Å². The van der Waals surface area contributed by atoms with Gasteiger partial charge in [-0.05, 0) is 49.1 Å². The van der Waals surface area contributed by atoms with Gasteiger partial charge in [0.15, 0.2) is 5.82 Å². The lowest BCUT2D eigenvalue weighted by Gasteiger charge is -2.12. The molecule has 1 N–H and O–H groups in total. The summed E-state index contributed by atoms with van der Waals surface area (Å²) >= 11 is 3.44. The fourth-order valence-electron chi connectivity index (χ4n) is 3.17. The van der Waals surface area contributed by atoms with Crippen molar-refractivity contribution in [3.05, 3.63) is 69.8 Å². The Hall–Kier alpha value is -2.73. The number of benzene rings is 2. The molecule has 5 nitrogen and oxygen atoms in total. The number of hydrogen-bond donors (Lipinski definition) is 1. The Kier molecular flexibility index (Phi) is 4.90. The SMILES string of the molecule is O=C(O)Cc1ccc(Oc2nc(-c3ccc(Br)cc3)nc3c2CCC3)cc1. The maximum Gasteiger partial charge on any atom is 0.307 e. The van der Waals surface area contributed by atoms with E-state index in [9.17, 15) is 4.79 Å². The van der Waals surface area contributed by atoms with Crippen molar-refractivity contribution in [2.24, 2.45) is 0 Å². The molecule has 27 heavy (non-hydrogen) atoms. The highest BCUT2D eigenvalue weighted by Crippen LogP contribution is 2.33. The van der Waals surface area contributed by atoms with Gasteiger partial charge in [0.2, 0.25) is 5.88 Å². The van der Waals surface area contributed by atoms with Crippen LogP contribution in [0.5, 0.6) is 11.6 Å². The zero-order chi connectivity index (χ0) is 18.8. The third kappa shape index (κ3) is 4.01. The molecule has 0 aliphatic heterocycles. The number of aliphatic carboxylic acids is 1. The van der Waals surface area contributed by atoms with Crippen LogP contribution < -0.4 is 4.74 Å². The van der Waals surface area contributed by atoms with Gasteiger partial charge in [-0.25, -0.2) is 4.98 Å². The maximum absolute atomic E-state index is 10.8. The number of aromatic nitrogens is 2. The van der Waals surface area contributed by atoms with Crippen molar-refractivity contribution >= 4 is 21.9 Å². The van der Waals surface area contributed by atoms with E-state index in [1.807, 2.05) is 24.3 Å². The fraction of sp³-hybridized carbons (Fsp3) is 0.190. The number of carbonyl (C=O) groups is 1. The number of ether oxygens (including phenoxy) is 1. The van der Waals surface area contributed by atoms with E-state index in [4.69, 9.17) is 14.8 Å². The van der Waals surface area contributed by atoms with Gasteiger partial charge in [0.25, 0.3) is 0 Å². The molecule has 4 rings (SSSR count). The summed E-state index contributed by atoms with van der Waals surface area (Å²) in [7, 11) is 0. The molecule has 0 saturated heterocycles. The molecule has 1 aliphatic rings. The number of hydrogen-bond acceptors (Lipinski definition) is 4. The molecule has 0 radical (unpaired) electrons. The first-order valence-electron chi connectivity index (χ1n) is 8.73. The molecule has 0 spiro atoms. The minimum atomic E-state index is -0.851.